The first kappa shape index (κ1) is 15.1. The van der Waals surface area contributed by atoms with Crippen molar-refractivity contribution in [3.63, 3.8) is 0 Å². The normalized spacial score (nSPS) is 19.1. The summed E-state index contributed by atoms with van der Waals surface area (Å²) < 4.78 is 0. The zero-order valence-electron chi connectivity index (χ0n) is 12.5. The van der Waals surface area contributed by atoms with E-state index in [0.717, 1.165) is 31.7 Å². The maximum Gasteiger partial charge on any atom is 0.123 e. The molecule has 1 unspecified atom stereocenters. The summed E-state index contributed by atoms with van der Waals surface area (Å²) in [6.45, 7) is 8.29. The van der Waals surface area contributed by atoms with Crippen LogP contribution in [0.2, 0.25) is 0 Å². The Balaban J connectivity index is 2.01. The van der Waals surface area contributed by atoms with Crippen LogP contribution in [0.15, 0.2) is 18.2 Å². The molecular formula is C16H26N2O2. The molecule has 1 aliphatic rings. The molecule has 4 heteroatoms. The minimum absolute atomic E-state index is 0.110. The molecule has 1 heterocycles. The van der Waals surface area contributed by atoms with Gasteiger partial charge in [-0.2, -0.15) is 0 Å². The number of hydrogen-bond donors (Lipinski definition) is 3. The van der Waals surface area contributed by atoms with Crippen molar-refractivity contribution in [1.82, 2.24) is 10.2 Å². The highest BCUT2D eigenvalue weighted by molar-refractivity contribution is 5.38. The molecule has 0 amide bonds. The minimum Gasteiger partial charge on any atom is -0.508 e. The van der Waals surface area contributed by atoms with E-state index >= 15 is 0 Å². The molecule has 0 saturated carbocycles. The van der Waals surface area contributed by atoms with Gasteiger partial charge in [-0.3, -0.25) is 4.90 Å². The Bertz CT molecular complexity index is 428. The number of phenolic OH excluding ortho intramolecular Hbond substituents is 2. The number of benzene rings is 1. The van der Waals surface area contributed by atoms with Crippen LogP contribution in [0, 0.1) is 5.92 Å². The number of aromatic hydroxyl groups is 2. The summed E-state index contributed by atoms with van der Waals surface area (Å²) in [6.07, 6.45) is 2.49. The van der Waals surface area contributed by atoms with Gasteiger partial charge in [-0.15, -0.1) is 0 Å². The van der Waals surface area contributed by atoms with Gasteiger partial charge in [-0.25, -0.2) is 0 Å². The lowest BCUT2D eigenvalue weighted by Crippen LogP contribution is -2.38. The van der Waals surface area contributed by atoms with Gasteiger partial charge in [0.25, 0.3) is 0 Å². The number of hydrogen-bond acceptors (Lipinski definition) is 4. The highest BCUT2D eigenvalue weighted by Crippen LogP contribution is 2.24. The van der Waals surface area contributed by atoms with Crippen LogP contribution < -0.4 is 5.32 Å². The lowest BCUT2D eigenvalue weighted by atomic mass is 10.1. The van der Waals surface area contributed by atoms with E-state index in [9.17, 15) is 10.2 Å². The number of nitrogens with one attached hydrogen (secondary N) is 1. The highest BCUT2D eigenvalue weighted by Gasteiger charge is 2.19. The highest BCUT2D eigenvalue weighted by atomic mass is 16.3. The van der Waals surface area contributed by atoms with Gasteiger partial charge in [0.2, 0.25) is 0 Å². The molecule has 20 heavy (non-hydrogen) atoms. The molecule has 112 valence electrons. The Kier molecular flexibility index (Phi) is 5.26. The molecule has 2 rings (SSSR count). The molecule has 1 saturated heterocycles. The maximum atomic E-state index is 9.93. The van der Waals surface area contributed by atoms with Crippen LogP contribution in [0.4, 0.5) is 0 Å². The molecule has 0 aromatic heterocycles. The molecule has 1 atom stereocenters. The van der Waals surface area contributed by atoms with Gasteiger partial charge in [-0.1, -0.05) is 19.9 Å². The molecule has 0 bridgehead atoms. The summed E-state index contributed by atoms with van der Waals surface area (Å²) in [4.78, 5) is 2.39. The van der Waals surface area contributed by atoms with Crippen molar-refractivity contribution in [2.75, 3.05) is 19.6 Å². The van der Waals surface area contributed by atoms with E-state index in [1.165, 1.54) is 18.9 Å². The average Bonchev–Trinajstić information content (AvgIpc) is 2.84. The summed E-state index contributed by atoms with van der Waals surface area (Å²) >= 11 is 0. The number of nitrogens with zero attached hydrogens (tertiary/aromatic N) is 1. The second-order valence-corrected chi connectivity index (χ2v) is 6.19. The van der Waals surface area contributed by atoms with E-state index < -0.39 is 0 Å². The third kappa shape index (κ3) is 4.39. The van der Waals surface area contributed by atoms with E-state index in [1.807, 2.05) is 0 Å². The van der Waals surface area contributed by atoms with Crippen LogP contribution in [0.3, 0.4) is 0 Å². The fourth-order valence-electron chi connectivity index (χ4n) is 2.87. The molecule has 0 aliphatic carbocycles. The first-order chi connectivity index (χ1) is 9.54. The summed E-state index contributed by atoms with van der Waals surface area (Å²) in [5.41, 5.74) is 0.876. The van der Waals surface area contributed by atoms with Gasteiger partial charge in [0, 0.05) is 37.3 Å². The van der Waals surface area contributed by atoms with Crippen molar-refractivity contribution in [1.29, 1.82) is 0 Å². The van der Waals surface area contributed by atoms with E-state index in [4.69, 9.17) is 0 Å². The first-order valence-electron chi connectivity index (χ1n) is 7.51. The van der Waals surface area contributed by atoms with E-state index in [2.05, 4.69) is 24.1 Å². The monoisotopic (exact) mass is 278 g/mol. The van der Waals surface area contributed by atoms with Crippen LogP contribution >= 0.6 is 0 Å². The van der Waals surface area contributed by atoms with Crippen molar-refractivity contribution in [2.24, 2.45) is 5.92 Å². The van der Waals surface area contributed by atoms with Crippen LogP contribution in [0.5, 0.6) is 11.5 Å². The largest absolute Gasteiger partial charge is 0.508 e. The predicted molar refractivity (Wildman–Crippen MR) is 80.9 cm³/mol. The van der Waals surface area contributed by atoms with E-state index in [0.29, 0.717) is 12.0 Å². The lowest BCUT2D eigenvalue weighted by Gasteiger charge is -2.27. The Morgan fingerprint density at radius 3 is 2.75 bits per heavy atom. The summed E-state index contributed by atoms with van der Waals surface area (Å²) in [5, 5.41) is 22.8. The van der Waals surface area contributed by atoms with Gasteiger partial charge in [0.1, 0.15) is 11.5 Å². The minimum atomic E-state index is 0.110. The van der Waals surface area contributed by atoms with Gasteiger partial charge >= 0.3 is 0 Å². The maximum absolute atomic E-state index is 9.93. The number of phenols is 2. The van der Waals surface area contributed by atoms with E-state index in [1.54, 1.807) is 12.1 Å². The quantitative estimate of drug-likeness (QED) is 0.747. The Morgan fingerprint density at radius 1 is 1.35 bits per heavy atom. The second-order valence-electron chi connectivity index (χ2n) is 6.19. The van der Waals surface area contributed by atoms with Crippen molar-refractivity contribution in [3.8, 4) is 11.5 Å². The fourth-order valence-corrected chi connectivity index (χ4v) is 2.87. The Labute approximate surface area is 121 Å². The molecule has 1 aromatic rings. The third-order valence-electron chi connectivity index (χ3n) is 3.73. The topological polar surface area (TPSA) is 55.7 Å². The zero-order chi connectivity index (χ0) is 14.5. The van der Waals surface area contributed by atoms with Crippen LogP contribution in [0.1, 0.15) is 32.3 Å². The molecule has 1 fully saturated rings. The summed E-state index contributed by atoms with van der Waals surface area (Å²) in [7, 11) is 0. The van der Waals surface area contributed by atoms with Crippen molar-refractivity contribution >= 4 is 0 Å². The van der Waals surface area contributed by atoms with Gasteiger partial charge in [0.05, 0.1) is 0 Å². The SMILES string of the molecule is CC(C)CN(Cc1ccc(O)cc1O)CC1CCCN1. The molecule has 1 aliphatic heterocycles. The second kappa shape index (κ2) is 6.95. The van der Waals surface area contributed by atoms with Crippen LogP contribution in [-0.4, -0.2) is 40.8 Å². The Hall–Kier alpha value is -1.26. The lowest BCUT2D eigenvalue weighted by molar-refractivity contribution is 0.214. The molecule has 0 radical (unpaired) electrons. The molecule has 4 nitrogen and oxygen atoms in total. The van der Waals surface area contributed by atoms with Crippen molar-refractivity contribution < 1.29 is 10.2 Å². The first-order valence-corrected chi connectivity index (χ1v) is 7.51. The fraction of sp³-hybridized carbons (Fsp3) is 0.625. The van der Waals surface area contributed by atoms with Crippen LogP contribution in [-0.2, 0) is 6.54 Å². The van der Waals surface area contributed by atoms with Gasteiger partial charge < -0.3 is 15.5 Å². The van der Waals surface area contributed by atoms with Gasteiger partial charge in [-0.05, 0) is 31.4 Å². The summed E-state index contributed by atoms with van der Waals surface area (Å²) in [6, 6.07) is 5.42. The molecule has 3 N–H and O–H groups in total. The van der Waals surface area contributed by atoms with Crippen molar-refractivity contribution in [3.05, 3.63) is 23.8 Å². The average molecular weight is 278 g/mol. The zero-order valence-corrected chi connectivity index (χ0v) is 12.5. The third-order valence-corrected chi connectivity index (χ3v) is 3.73. The van der Waals surface area contributed by atoms with Crippen LogP contribution in [0.25, 0.3) is 0 Å². The smallest absolute Gasteiger partial charge is 0.123 e. The predicted octanol–water partition coefficient (Wildman–Crippen LogP) is 2.31. The number of rotatable bonds is 6. The van der Waals surface area contributed by atoms with Crippen molar-refractivity contribution in [2.45, 2.75) is 39.3 Å². The van der Waals surface area contributed by atoms with E-state index in [-0.39, 0.29) is 11.5 Å². The molecule has 0 spiro atoms. The molecule has 1 aromatic carbocycles. The van der Waals surface area contributed by atoms with Gasteiger partial charge in [0.15, 0.2) is 0 Å². The summed E-state index contributed by atoms with van der Waals surface area (Å²) in [5.74, 6) is 0.882. The molecular weight excluding hydrogens is 252 g/mol. The Morgan fingerprint density at radius 2 is 2.15 bits per heavy atom. The standard InChI is InChI=1S/C16H26N2O2/c1-12(2)9-18(11-14-4-3-7-17-14)10-13-5-6-15(19)8-16(13)20/h5-6,8,12,14,17,19-20H,3-4,7,9-11H2,1-2H3.